The maximum absolute atomic E-state index is 11.5. The normalized spacial score (nSPS) is 14.4. The zero-order chi connectivity index (χ0) is 13.2. The molecule has 2 aromatic heterocycles. The topological polar surface area (TPSA) is 65.2 Å². The maximum atomic E-state index is 11.5. The summed E-state index contributed by atoms with van der Waals surface area (Å²) < 4.78 is 10.2. The highest BCUT2D eigenvalue weighted by Crippen LogP contribution is 2.39. The molecule has 0 spiro atoms. The van der Waals surface area contributed by atoms with Crippen molar-refractivity contribution in [2.75, 3.05) is 6.61 Å². The molecule has 1 aliphatic rings. The number of aromatic nitrogens is 2. The number of rotatable bonds is 4. The van der Waals surface area contributed by atoms with Gasteiger partial charge in [0, 0.05) is 23.4 Å². The summed E-state index contributed by atoms with van der Waals surface area (Å²) in [5.74, 6) is 0.528. The molecular formula is C14H14N2O3. The molecule has 0 saturated heterocycles. The van der Waals surface area contributed by atoms with Gasteiger partial charge in [-0.2, -0.15) is 0 Å². The van der Waals surface area contributed by atoms with Crippen molar-refractivity contribution in [1.29, 1.82) is 0 Å². The van der Waals surface area contributed by atoms with Crippen LogP contribution in [0.4, 0.5) is 0 Å². The number of pyridine rings is 1. The molecule has 2 aromatic rings. The third kappa shape index (κ3) is 2.50. The van der Waals surface area contributed by atoms with E-state index >= 15 is 0 Å². The number of hydrogen-bond acceptors (Lipinski definition) is 5. The van der Waals surface area contributed by atoms with Crippen molar-refractivity contribution >= 4 is 5.97 Å². The number of hydrogen-bond donors (Lipinski definition) is 0. The molecule has 0 atom stereocenters. The van der Waals surface area contributed by atoms with E-state index < -0.39 is 5.97 Å². The van der Waals surface area contributed by atoms with Crippen LogP contribution < -0.4 is 0 Å². The minimum atomic E-state index is -0.464. The molecule has 5 heteroatoms. The average Bonchev–Trinajstić information content (AvgIpc) is 3.16. The monoisotopic (exact) mass is 258 g/mol. The zero-order valence-corrected chi connectivity index (χ0v) is 10.6. The fraction of sp³-hybridized carbons (Fsp3) is 0.357. The van der Waals surface area contributed by atoms with Crippen LogP contribution in [-0.2, 0) is 4.74 Å². The van der Waals surface area contributed by atoms with E-state index in [9.17, 15) is 4.79 Å². The van der Waals surface area contributed by atoms with Crippen LogP contribution in [0.15, 0.2) is 29.0 Å². The summed E-state index contributed by atoms with van der Waals surface area (Å²) in [4.78, 5) is 20.0. The number of carbonyl (C=O) groups excluding carboxylic acids is 1. The van der Waals surface area contributed by atoms with Crippen molar-refractivity contribution < 1.29 is 13.9 Å². The molecule has 0 aliphatic heterocycles. The van der Waals surface area contributed by atoms with Crippen LogP contribution in [-0.4, -0.2) is 22.5 Å². The van der Waals surface area contributed by atoms with Crippen LogP contribution in [0, 0.1) is 0 Å². The summed E-state index contributed by atoms with van der Waals surface area (Å²) in [6.07, 6.45) is 5.45. The molecule has 0 bridgehead atoms. The lowest BCUT2D eigenvalue weighted by Crippen LogP contribution is -2.04. The Morgan fingerprint density at radius 2 is 2.37 bits per heavy atom. The molecule has 1 saturated carbocycles. The number of ether oxygens (including phenoxy) is 1. The first kappa shape index (κ1) is 11.9. The van der Waals surface area contributed by atoms with Gasteiger partial charge in [-0.05, 0) is 31.9 Å². The molecule has 5 nitrogen and oxygen atoms in total. The summed E-state index contributed by atoms with van der Waals surface area (Å²) in [6, 6.07) is 3.80. The average molecular weight is 258 g/mol. The van der Waals surface area contributed by atoms with Crippen LogP contribution in [0.3, 0.4) is 0 Å². The first-order chi connectivity index (χ1) is 9.28. The number of nitrogens with zero attached hydrogens (tertiary/aromatic N) is 2. The van der Waals surface area contributed by atoms with Gasteiger partial charge in [-0.3, -0.25) is 4.98 Å². The van der Waals surface area contributed by atoms with Crippen LogP contribution in [0.25, 0.3) is 11.5 Å². The molecule has 1 aliphatic carbocycles. The Labute approximate surface area is 110 Å². The van der Waals surface area contributed by atoms with Gasteiger partial charge in [0.2, 0.25) is 5.89 Å². The van der Waals surface area contributed by atoms with Crippen molar-refractivity contribution in [2.45, 2.75) is 25.7 Å². The quantitative estimate of drug-likeness (QED) is 0.789. The SMILES string of the molecule is CCOC(=O)c1coc(-c2ccnc(C3CC3)c2)n1. The molecule has 0 radical (unpaired) electrons. The molecule has 0 N–H and O–H groups in total. The lowest BCUT2D eigenvalue weighted by molar-refractivity contribution is 0.0519. The first-order valence-corrected chi connectivity index (χ1v) is 6.37. The highest BCUT2D eigenvalue weighted by molar-refractivity contribution is 5.87. The van der Waals surface area contributed by atoms with Gasteiger partial charge in [0.1, 0.15) is 6.26 Å². The van der Waals surface area contributed by atoms with Crippen molar-refractivity contribution in [3.05, 3.63) is 36.0 Å². The molecular weight excluding hydrogens is 244 g/mol. The predicted octanol–water partition coefficient (Wildman–Crippen LogP) is 2.79. The minimum absolute atomic E-state index is 0.196. The van der Waals surface area contributed by atoms with Crippen LogP contribution in [0.1, 0.15) is 41.9 Å². The Morgan fingerprint density at radius 1 is 1.53 bits per heavy atom. The van der Waals surface area contributed by atoms with E-state index in [1.165, 1.54) is 19.1 Å². The molecule has 2 heterocycles. The van der Waals surface area contributed by atoms with Gasteiger partial charge in [0.15, 0.2) is 5.69 Å². The Balaban J connectivity index is 1.85. The second-order valence-corrected chi connectivity index (χ2v) is 4.50. The van der Waals surface area contributed by atoms with E-state index in [-0.39, 0.29) is 5.69 Å². The van der Waals surface area contributed by atoms with E-state index in [2.05, 4.69) is 9.97 Å². The smallest absolute Gasteiger partial charge is 0.360 e. The van der Waals surface area contributed by atoms with Gasteiger partial charge >= 0.3 is 5.97 Å². The van der Waals surface area contributed by atoms with E-state index in [0.29, 0.717) is 18.4 Å². The molecule has 0 amide bonds. The van der Waals surface area contributed by atoms with E-state index in [0.717, 1.165) is 11.3 Å². The zero-order valence-electron chi connectivity index (χ0n) is 10.6. The Morgan fingerprint density at radius 3 is 3.11 bits per heavy atom. The Bertz CT molecular complexity index is 602. The largest absolute Gasteiger partial charge is 0.461 e. The predicted molar refractivity (Wildman–Crippen MR) is 67.7 cm³/mol. The van der Waals surface area contributed by atoms with Gasteiger partial charge in [-0.25, -0.2) is 9.78 Å². The van der Waals surface area contributed by atoms with E-state index in [1.54, 1.807) is 13.1 Å². The fourth-order valence-corrected chi connectivity index (χ4v) is 1.89. The summed E-state index contributed by atoms with van der Waals surface area (Å²) in [6.45, 7) is 2.08. The minimum Gasteiger partial charge on any atom is -0.461 e. The van der Waals surface area contributed by atoms with Crippen LogP contribution >= 0.6 is 0 Å². The lowest BCUT2D eigenvalue weighted by Gasteiger charge is -1.99. The first-order valence-electron chi connectivity index (χ1n) is 6.37. The van der Waals surface area contributed by atoms with Gasteiger partial charge in [0.05, 0.1) is 6.61 Å². The third-order valence-corrected chi connectivity index (χ3v) is 3.01. The van der Waals surface area contributed by atoms with Crippen molar-refractivity contribution in [3.8, 4) is 11.5 Å². The van der Waals surface area contributed by atoms with Gasteiger partial charge in [0.25, 0.3) is 0 Å². The van der Waals surface area contributed by atoms with Crippen molar-refractivity contribution in [2.24, 2.45) is 0 Å². The summed E-state index contributed by atoms with van der Waals surface area (Å²) >= 11 is 0. The van der Waals surface area contributed by atoms with Crippen LogP contribution in [0.5, 0.6) is 0 Å². The van der Waals surface area contributed by atoms with Crippen molar-refractivity contribution in [3.63, 3.8) is 0 Å². The maximum Gasteiger partial charge on any atom is 0.360 e. The Hall–Kier alpha value is -2.17. The Kier molecular flexibility index (Phi) is 3.03. The fourth-order valence-electron chi connectivity index (χ4n) is 1.89. The summed E-state index contributed by atoms with van der Waals surface area (Å²) in [5, 5.41) is 0. The molecule has 0 aromatic carbocycles. The summed E-state index contributed by atoms with van der Waals surface area (Å²) in [7, 11) is 0. The third-order valence-electron chi connectivity index (χ3n) is 3.01. The van der Waals surface area contributed by atoms with Crippen molar-refractivity contribution in [1.82, 2.24) is 9.97 Å². The molecule has 0 unspecified atom stereocenters. The number of carbonyl (C=O) groups is 1. The standard InChI is InChI=1S/C14H14N2O3/c1-2-18-14(17)12-8-19-13(16-12)10-5-6-15-11(7-10)9-3-4-9/h5-9H,2-4H2,1H3. The second-order valence-electron chi connectivity index (χ2n) is 4.50. The van der Waals surface area contributed by atoms with Gasteiger partial charge < -0.3 is 9.15 Å². The van der Waals surface area contributed by atoms with E-state index in [1.807, 2.05) is 12.1 Å². The lowest BCUT2D eigenvalue weighted by atomic mass is 10.2. The molecule has 3 rings (SSSR count). The van der Waals surface area contributed by atoms with E-state index in [4.69, 9.17) is 9.15 Å². The highest BCUT2D eigenvalue weighted by Gasteiger charge is 2.25. The second kappa shape index (κ2) is 4.84. The highest BCUT2D eigenvalue weighted by atomic mass is 16.5. The number of esters is 1. The number of oxazole rings is 1. The molecule has 1 fully saturated rings. The molecule has 98 valence electrons. The van der Waals surface area contributed by atoms with Gasteiger partial charge in [-0.1, -0.05) is 0 Å². The van der Waals surface area contributed by atoms with Crippen LogP contribution in [0.2, 0.25) is 0 Å². The molecule has 19 heavy (non-hydrogen) atoms. The summed E-state index contributed by atoms with van der Waals surface area (Å²) in [5.41, 5.74) is 2.10. The van der Waals surface area contributed by atoms with Gasteiger partial charge in [-0.15, -0.1) is 0 Å².